The van der Waals surface area contributed by atoms with Crippen molar-refractivity contribution in [1.29, 1.82) is 0 Å². The Hall–Kier alpha value is -1.56. The van der Waals surface area contributed by atoms with Crippen LogP contribution < -0.4 is 5.69 Å². The van der Waals surface area contributed by atoms with Gasteiger partial charge in [0.1, 0.15) is 0 Å². The van der Waals surface area contributed by atoms with Gasteiger partial charge >= 0.3 is 5.69 Å². The Balaban J connectivity index is 2.08. The molecule has 3 rings (SSSR count). The lowest BCUT2D eigenvalue weighted by atomic mass is 10.2. The molecule has 1 saturated heterocycles. The van der Waals surface area contributed by atoms with E-state index >= 15 is 0 Å². The number of fused-ring (bicyclic) bond motifs is 1. The molecule has 1 fully saturated rings. The highest BCUT2D eigenvalue weighted by Crippen LogP contribution is 2.22. The third-order valence-corrected chi connectivity index (χ3v) is 6.04. The maximum atomic E-state index is 12.0. The summed E-state index contributed by atoms with van der Waals surface area (Å²) in [6.07, 6.45) is 1.34. The number of nitrogens with zero attached hydrogens (tertiary/aromatic N) is 1. The van der Waals surface area contributed by atoms with Crippen molar-refractivity contribution in [2.75, 3.05) is 5.75 Å². The number of rotatable bonds is 2. The molecule has 19 heavy (non-hydrogen) atoms. The zero-order valence-electron chi connectivity index (χ0n) is 10.7. The third kappa shape index (κ3) is 2.10. The SMILES string of the molecule is Cc1ccc2[nH]c(=O)n(CC3CCCS3(=O)=O)c2c1. The lowest BCUT2D eigenvalue weighted by molar-refractivity contribution is 0.565. The molecule has 2 heterocycles. The van der Waals surface area contributed by atoms with Crippen LogP contribution in [-0.4, -0.2) is 29.0 Å². The van der Waals surface area contributed by atoms with Crippen molar-refractivity contribution in [3.05, 3.63) is 34.2 Å². The Morgan fingerprint density at radius 1 is 1.42 bits per heavy atom. The Labute approximate surface area is 111 Å². The standard InChI is InChI=1S/C13H16N2O3S/c1-9-4-5-11-12(7-9)15(13(16)14-11)8-10-3-2-6-19(10,17)18/h4-5,7,10H,2-3,6,8H2,1H3,(H,14,16). The number of aryl methyl sites for hydroxylation is 1. The highest BCUT2D eigenvalue weighted by atomic mass is 32.2. The maximum Gasteiger partial charge on any atom is 0.326 e. The first-order valence-electron chi connectivity index (χ1n) is 6.38. The zero-order chi connectivity index (χ0) is 13.6. The van der Waals surface area contributed by atoms with E-state index < -0.39 is 15.1 Å². The van der Waals surface area contributed by atoms with Crippen molar-refractivity contribution < 1.29 is 8.42 Å². The molecule has 1 atom stereocenters. The van der Waals surface area contributed by atoms with Crippen molar-refractivity contribution in [1.82, 2.24) is 9.55 Å². The quantitative estimate of drug-likeness (QED) is 0.899. The minimum Gasteiger partial charge on any atom is -0.306 e. The van der Waals surface area contributed by atoms with E-state index in [2.05, 4.69) is 4.98 Å². The van der Waals surface area contributed by atoms with Gasteiger partial charge < -0.3 is 4.98 Å². The molecule has 0 saturated carbocycles. The highest BCUT2D eigenvalue weighted by molar-refractivity contribution is 7.92. The van der Waals surface area contributed by atoms with E-state index in [0.717, 1.165) is 16.6 Å². The van der Waals surface area contributed by atoms with E-state index in [9.17, 15) is 13.2 Å². The molecule has 5 nitrogen and oxygen atoms in total. The van der Waals surface area contributed by atoms with E-state index in [1.54, 1.807) is 4.57 Å². The molecule has 1 N–H and O–H groups in total. The van der Waals surface area contributed by atoms with Crippen molar-refractivity contribution >= 4 is 20.9 Å². The van der Waals surface area contributed by atoms with Gasteiger partial charge in [-0.25, -0.2) is 13.2 Å². The van der Waals surface area contributed by atoms with E-state index in [1.807, 2.05) is 25.1 Å². The van der Waals surface area contributed by atoms with Gasteiger partial charge in [-0.15, -0.1) is 0 Å². The summed E-state index contributed by atoms with van der Waals surface area (Å²) in [5, 5.41) is -0.426. The van der Waals surface area contributed by atoms with Gasteiger partial charge in [-0.05, 0) is 37.5 Å². The van der Waals surface area contributed by atoms with Gasteiger partial charge in [0.05, 0.1) is 22.0 Å². The van der Waals surface area contributed by atoms with Crippen molar-refractivity contribution in [3.63, 3.8) is 0 Å². The molecule has 1 unspecified atom stereocenters. The number of benzene rings is 1. The first-order chi connectivity index (χ1) is 8.97. The topological polar surface area (TPSA) is 71.9 Å². The summed E-state index contributed by atoms with van der Waals surface area (Å²) in [5.41, 5.74) is 2.36. The molecule has 0 amide bonds. The number of hydrogen-bond donors (Lipinski definition) is 1. The maximum absolute atomic E-state index is 12.0. The number of aromatic amines is 1. The predicted molar refractivity (Wildman–Crippen MR) is 74.1 cm³/mol. The van der Waals surface area contributed by atoms with Crippen LogP contribution in [0.4, 0.5) is 0 Å². The summed E-state index contributed by atoms with van der Waals surface area (Å²) in [7, 11) is -3.03. The lowest BCUT2D eigenvalue weighted by Gasteiger charge is -2.10. The molecule has 1 aromatic carbocycles. The van der Waals surface area contributed by atoms with E-state index in [4.69, 9.17) is 0 Å². The molecule has 0 bridgehead atoms. The number of hydrogen-bond acceptors (Lipinski definition) is 3. The lowest BCUT2D eigenvalue weighted by Crippen LogP contribution is -2.28. The summed E-state index contributed by atoms with van der Waals surface area (Å²) >= 11 is 0. The summed E-state index contributed by atoms with van der Waals surface area (Å²) in [6.45, 7) is 2.21. The fourth-order valence-electron chi connectivity index (χ4n) is 2.71. The molecule has 0 spiro atoms. The third-order valence-electron chi connectivity index (χ3n) is 3.78. The van der Waals surface area contributed by atoms with Crippen molar-refractivity contribution in [3.8, 4) is 0 Å². The highest BCUT2D eigenvalue weighted by Gasteiger charge is 2.32. The van der Waals surface area contributed by atoms with Crippen LogP contribution in [0.1, 0.15) is 18.4 Å². The van der Waals surface area contributed by atoms with Gasteiger partial charge in [-0.3, -0.25) is 4.57 Å². The Morgan fingerprint density at radius 3 is 2.89 bits per heavy atom. The molecule has 2 aromatic rings. The molecule has 102 valence electrons. The fraction of sp³-hybridized carbons (Fsp3) is 0.462. The van der Waals surface area contributed by atoms with Gasteiger partial charge in [0.2, 0.25) is 0 Å². The molecular weight excluding hydrogens is 264 g/mol. The largest absolute Gasteiger partial charge is 0.326 e. The minimum atomic E-state index is -3.03. The monoisotopic (exact) mass is 280 g/mol. The van der Waals surface area contributed by atoms with Crippen LogP contribution in [0.3, 0.4) is 0 Å². The van der Waals surface area contributed by atoms with E-state index in [-0.39, 0.29) is 18.0 Å². The summed E-state index contributed by atoms with van der Waals surface area (Å²) in [4.78, 5) is 14.7. The average Bonchev–Trinajstić information content (AvgIpc) is 2.82. The van der Waals surface area contributed by atoms with Crippen LogP contribution in [-0.2, 0) is 16.4 Å². The van der Waals surface area contributed by atoms with Gasteiger partial charge in [0, 0.05) is 6.54 Å². The molecule has 1 aliphatic heterocycles. The number of aromatic nitrogens is 2. The van der Waals surface area contributed by atoms with Gasteiger partial charge in [0.15, 0.2) is 9.84 Å². The first-order valence-corrected chi connectivity index (χ1v) is 8.10. The molecule has 1 aliphatic rings. The average molecular weight is 280 g/mol. The molecule has 6 heteroatoms. The smallest absolute Gasteiger partial charge is 0.306 e. The van der Waals surface area contributed by atoms with Crippen LogP contribution >= 0.6 is 0 Å². The second kappa shape index (κ2) is 4.23. The van der Waals surface area contributed by atoms with Crippen LogP contribution in [0.5, 0.6) is 0 Å². The second-order valence-corrected chi connectivity index (χ2v) is 7.59. The Kier molecular flexibility index (Phi) is 2.78. The predicted octanol–water partition coefficient (Wildman–Crippen LogP) is 1.22. The van der Waals surface area contributed by atoms with E-state index in [1.165, 1.54) is 0 Å². The first kappa shape index (κ1) is 12.5. The summed E-state index contributed by atoms with van der Waals surface area (Å²) < 4.78 is 25.3. The molecule has 0 aliphatic carbocycles. The van der Waals surface area contributed by atoms with Gasteiger partial charge in [0.25, 0.3) is 0 Å². The number of imidazole rings is 1. The van der Waals surface area contributed by atoms with Gasteiger partial charge in [-0.2, -0.15) is 0 Å². The normalized spacial score (nSPS) is 22.1. The Morgan fingerprint density at radius 2 is 2.21 bits per heavy atom. The van der Waals surface area contributed by atoms with Crippen LogP contribution in [0.2, 0.25) is 0 Å². The fourth-order valence-corrected chi connectivity index (χ4v) is 4.52. The number of nitrogens with one attached hydrogen (secondary N) is 1. The minimum absolute atomic E-state index is 0.234. The summed E-state index contributed by atoms with van der Waals surface area (Å²) in [5.74, 6) is 0.244. The zero-order valence-corrected chi connectivity index (χ0v) is 11.5. The molecular formula is C13H16N2O3S. The Bertz CT molecular complexity index is 786. The van der Waals surface area contributed by atoms with Crippen LogP contribution in [0.15, 0.2) is 23.0 Å². The van der Waals surface area contributed by atoms with Crippen LogP contribution in [0.25, 0.3) is 11.0 Å². The van der Waals surface area contributed by atoms with Crippen LogP contribution in [0, 0.1) is 6.92 Å². The second-order valence-electron chi connectivity index (χ2n) is 5.19. The molecule has 0 radical (unpaired) electrons. The molecule has 1 aromatic heterocycles. The number of sulfone groups is 1. The van der Waals surface area contributed by atoms with Crippen molar-refractivity contribution in [2.24, 2.45) is 0 Å². The van der Waals surface area contributed by atoms with Crippen molar-refractivity contribution in [2.45, 2.75) is 31.6 Å². The number of H-pyrrole nitrogens is 1. The van der Waals surface area contributed by atoms with E-state index in [0.29, 0.717) is 12.8 Å². The van der Waals surface area contributed by atoms with Gasteiger partial charge in [-0.1, -0.05) is 6.07 Å². The summed E-state index contributed by atoms with van der Waals surface area (Å²) in [6, 6.07) is 5.69.